The van der Waals surface area contributed by atoms with E-state index in [1.807, 2.05) is 13.0 Å². The number of hydrogen-bond donors (Lipinski definition) is 1. The molecule has 0 fully saturated rings. The molecule has 0 bridgehead atoms. The van der Waals surface area contributed by atoms with Crippen molar-refractivity contribution in [2.75, 3.05) is 13.1 Å². The molecule has 0 spiro atoms. The summed E-state index contributed by atoms with van der Waals surface area (Å²) in [6.07, 6.45) is 0.824. The van der Waals surface area contributed by atoms with E-state index in [0.29, 0.717) is 6.54 Å². The Morgan fingerprint density at radius 2 is 2.40 bits per heavy atom. The zero-order valence-corrected chi connectivity index (χ0v) is 6.00. The van der Waals surface area contributed by atoms with Crippen LogP contribution in [0.25, 0.3) is 0 Å². The highest BCUT2D eigenvalue weighted by Crippen LogP contribution is 1.88. The Balaban J connectivity index is 3.75. The third-order valence-electron chi connectivity index (χ3n) is 1.07. The van der Waals surface area contributed by atoms with Crippen LogP contribution in [0, 0.1) is 11.3 Å². The molecule has 0 aliphatic rings. The molecule has 2 N–H and O–H groups in total. The minimum atomic E-state index is -0.525. The summed E-state index contributed by atoms with van der Waals surface area (Å²) in [5.41, 5.74) is 4.94. The fraction of sp³-hybridized carbons (Fsp3) is 0.667. The van der Waals surface area contributed by atoms with E-state index >= 15 is 0 Å². The lowest BCUT2D eigenvalue weighted by molar-refractivity contribution is 0.213. The first-order chi connectivity index (χ1) is 4.72. The molecule has 0 aromatic heterocycles. The fourth-order valence-electron chi connectivity index (χ4n) is 0.622. The maximum absolute atomic E-state index is 10.5. The molecule has 0 unspecified atom stereocenters. The number of urea groups is 1. The highest BCUT2D eigenvalue weighted by Gasteiger charge is 2.05. The summed E-state index contributed by atoms with van der Waals surface area (Å²) in [6, 6.07) is 1.33. The topological polar surface area (TPSA) is 70.1 Å². The van der Waals surface area contributed by atoms with Crippen molar-refractivity contribution in [3.63, 3.8) is 0 Å². The average Bonchev–Trinajstić information content (AvgIpc) is 1.87. The molecule has 4 heteroatoms. The SMILES string of the molecule is CCCN(CC#N)C(N)=O. The lowest BCUT2D eigenvalue weighted by atomic mass is 10.4. The van der Waals surface area contributed by atoms with Crippen molar-refractivity contribution in [3.8, 4) is 6.07 Å². The zero-order valence-electron chi connectivity index (χ0n) is 6.00. The van der Waals surface area contributed by atoms with Crippen LogP contribution in [-0.4, -0.2) is 24.0 Å². The first kappa shape index (κ1) is 8.76. The number of nitrogens with zero attached hydrogens (tertiary/aromatic N) is 2. The van der Waals surface area contributed by atoms with Crippen LogP contribution in [0.15, 0.2) is 0 Å². The van der Waals surface area contributed by atoms with Gasteiger partial charge in [0, 0.05) is 6.54 Å². The van der Waals surface area contributed by atoms with Gasteiger partial charge >= 0.3 is 6.03 Å². The summed E-state index contributed by atoms with van der Waals surface area (Å²) in [7, 11) is 0. The quantitative estimate of drug-likeness (QED) is 0.574. The van der Waals surface area contributed by atoms with Gasteiger partial charge in [-0.3, -0.25) is 0 Å². The monoisotopic (exact) mass is 141 g/mol. The molecule has 0 radical (unpaired) electrons. The molecular weight excluding hydrogens is 130 g/mol. The van der Waals surface area contributed by atoms with Gasteiger partial charge in [0.2, 0.25) is 0 Å². The molecule has 0 saturated heterocycles. The largest absolute Gasteiger partial charge is 0.351 e. The third kappa shape index (κ3) is 2.92. The molecule has 0 rings (SSSR count). The van der Waals surface area contributed by atoms with Crippen molar-refractivity contribution in [3.05, 3.63) is 0 Å². The van der Waals surface area contributed by atoms with Gasteiger partial charge in [-0.15, -0.1) is 0 Å². The summed E-state index contributed by atoms with van der Waals surface area (Å²) in [6.45, 7) is 2.57. The number of primary amides is 1. The molecule has 0 heterocycles. The number of amides is 2. The molecule has 4 nitrogen and oxygen atoms in total. The highest BCUT2D eigenvalue weighted by molar-refractivity contribution is 5.72. The second-order valence-electron chi connectivity index (χ2n) is 1.92. The van der Waals surface area contributed by atoms with E-state index in [2.05, 4.69) is 0 Å². The number of carbonyl (C=O) groups excluding carboxylic acids is 1. The van der Waals surface area contributed by atoms with Crippen molar-refractivity contribution in [1.82, 2.24) is 4.90 Å². The van der Waals surface area contributed by atoms with Crippen LogP contribution in [0.5, 0.6) is 0 Å². The fourth-order valence-corrected chi connectivity index (χ4v) is 0.622. The average molecular weight is 141 g/mol. The van der Waals surface area contributed by atoms with Gasteiger partial charge in [0.15, 0.2) is 0 Å². The Labute approximate surface area is 60.2 Å². The summed E-state index contributed by atoms with van der Waals surface area (Å²) in [4.78, 5) is 11.8. The van der Waals surface area contributed by atoms with Crippen molar-refractivity contribution in [1.29, 1.82) is 5.26 Å². The van der Waals surface area contributed by atoms with Gasteiger partial charge in [-0.25, -0.2) is 4.79 Å². The van der Waals surface area contributed by atoms with Crippen molar-refractivity contribution in [2.45, 2.75) is 13.3 Å². The number of carbonyl (C=O) groups is 1. The lowest BCUT2D eigenvalue weighted by Crippen LogP contribution is -2.36. The van der Waals surface area contributed by atoms with Crippen LogP contribution >= 0.6 is 0 Å². The van der Waals surface area contributed by atoms with E-state index < -0.39 is 6.03 Å². The summed E-state index contributed by atoms with van der Waals surface area (Å²) >= 11 is 0. The summed E-state index contributed by atoms with van der Waals surface area (Å²) in [5.74, 6) is 0. The second kappa shape index (κ2) is 4.62. The molecule has 0 atom stereocenters. The van der Waals surface area contributed by atoms with E-state index in [0.717, 1.165) is 6.42 Å². The zero-order chi connectivity index (χ0) is 7.98. The van der Waals surface area contributed by atoms with E-state index in [1.165, 1.54) is 4.90 Å². The van der Waals surface area contributed by atoms with Crippen molar-refractivity contribution in [2.24, 2.45) is 5.73 Å². The predicted octanol–water partition coefficient (Wildman–Crippen LogP) is 0.301. The number of nitriles is 1. The Bertz CT molecular complexity index is 150. The summed E-state index contributed by atoms with van der Waals surface area (Å²) in [5, 5.41) is 8.21. The van der Waals surface area contributed by atoms with E-state index in [1.54, 1.807) is 0 Å². The van der Waals surface area contributed by atoms with E-state index in [9.17, 15) is 4.79 Å². The van der Waals surface area contributed by atoms with Gasteiger partial charge < -0.3 is 10.6 Å². The second-order valence-corrected chi connectivity index (χ2v) is 1.92. The molecule has 0 saturated carbocycles. The normalized spacial score (nSPS) is 8.40. The Hall–Kier alpha value is -1.24. The summed E-state index contributed by atoms with van der Waals surface area (Å²) < 4.78 is 0. The van der Waals surface area contributed by atoms with Crippen molar-refractivity contribution < 1.29 is 4.79 Å². The Kier molecular flexibility index (Phi) is 4.05. The number of hydrogen-bond acceptors (Lipinski definition) is 2. The van der Waals surface area contributed by atoms with Gasteiger partial charge in [-0.05, 0) is 6.42 Å². The minimum absolute atomic E-state index is 0.0865. The van der Waals surface area contributed by atoms with Gasteiger partial charge in [0.25, 0.3) is 0 Å². The third-order valence-corrected chi connectivity index (χ3v) is 1.07. The Morgan fingerprint density at radius 1 is 1.80 bits per heavy atom. The van der Waals surface area contributed by atoms with Crippen LogP contribution in [0.3, 0.4) is 0 Å². The van der Waals surface area contributed by atoms with Crippen LogP contribution in [0.4, 0.5) is 4.79 Å². The lowest BCUT2D eigenvalue weighted by Gasteiger charge is -2.14. The van der Waals surface area contributed by atoms with E-state index in [4.69, 9.17) is 11.0 Å². The van der Waals surface area contributed by atoms with E-state index in [-0.39, 0.29) is 6.54 Å². The van der Waals surface area contributed by atoms with Crippen LogP contribution < -0.4 is 5.73 Å². The van der Waals surface area contributed by atoms with Gasteiger partial charge in [0.05, 0.1) is 6.07 Å². The van der Waals surface area contributed by atoms with Crippen LogP contribution in [-0.2, 0) is 0 Å². The molecule has 0 aromatic carbocycles. The van der Waals surface area contributed by atoms with Crippen LogP contribution in [0.2, 0.25) is 0 Å². The molecule has 0 aliphatic heterocycles. The first-order valence-corrected chi connectivity index (χ1v) is 3.13. The maximum Gasteiger partial charge on any atom is 0.315 e. The first-order valence-electron chi connectivity index (χ1n) is 3.13. The Morgan fingerprint density at radius 3 is 2.70 bits per heavy atom. The predicted molar refractivity (Wildman–Crippen MR) is 37.1 cm³/mol. The van der Waals surface area contributed by atoms with Gasteiger partial charge in [-0.1, -0.05) is 6.92 Å². The molecular formula is C6H11N3O. The highest BCUT2D eigenvalue weighted by atomic mass is 16.2. The van der Waals surface area contributed by atoms with Gasteiger partial charge in [0.1, 0.15) is 6.54 Å². The molecule has 2 amide bonds. The maximum atomic E-state index is 10.5. The molecule has 0 aliphatic carbocycles. The number of nitrogens with two attached hydrogens (primary N) is 1. The van der Waals surface area contributed by atoms with Gasteiger partial charge in [-0.2, -0.15) is 5.26 Å². The smallest absolute Gasteiger partial charge is 0.315 e. The van der Waals surface area contributed by atoms with Crippen molar-refractivity contribution >= 4 is 6.03 Å². The molecule has 0 aromatic rings. The molecule has 56 valence electrons. The van der Waals surface area contributed by atoms with Crippen LogP contribution in [0.1, 0.15) is 13.3 Å². The standard InChI is InChI=1S/C6H11N3O/c1-2-4-9(5-3-7)6(8)10/h2,4-5H2,1H3,(H2,8,10). The minimum Gasteiger partial charge on any atom is -0.351 e. The number of rotatable bonds is 3. The molecule has 10 heavy (non-hydrogen) atoms.